The number of benzene rings is 1. The third-order valence-corrected chi connectivity index (χ3v) is 2.49. The van der Waals surface area contributed by atoms with Gasteiger partial charge < -0.3 is 9.88 Å². The molecule has 1 N–H and O–H groups in total. The molecule has 3 nitrogen and oxygen atoms in total. The Balaban J connectivity index is 2.23. The van der Waals surface area contributed by atoms with Crippen molar-refractivity contribution in [3.8, 4) is 0 Å². The summed E-state index contributed by atoms with van der Waals surface area (Å²) in [4.78, 5) is 4.04. The predicted molar refractivity (Wildman–Crippen MR) is 67.2 cm³/mol. The van der Waals surface area contributed by atoms with E-state index in [1.807, 2.05) is 0 Å². The molecule has 0 aliphatic carbocycles. The molecule has 1 aromatic carbocycles. The van der Waals surface area contributed by atoms with Crippen molar-refractivity contribution in [1.29, 1.82) is 0 Å². The Hall–Kier alpha value is -2.24. The van der Waals surface area contributed by atoms with E-state index < -0.39 is 11.7 Å². The molecule has 0 saturated carbocycles. The number of rotatable bonds is 4. The number of hydrogen-bond donors (Lipinski definition) is 1. The summed E-state index contributed by atoms with van der Waals surface area (Å²) in [6.07, 6.45) is 0.615. The maximum atomic E-state index is 12.6. The molecule has 0 amide bonds. The van der Waals surface area contributed by atoms with Gasteiger partial charge in [-0.1, -0.05) is 12.1 Å². The van der Waals surface area contributed by atoms with Gasteiger partial charge in [0, 0.05) is 24.6 Å². The van der Waals surface area contributed by atoms with Gasteiger partial charge in [-0.25, -0.2) is 4.98 Å². The van der Waals surface area contributed by atoms with Crippen LogP contribution in [0.4, 0.5) is 24.8 Å². The van der Waals surface area contributed by atoms with Crippen molar-refractivity contribution >= 4 is 11.6 Å². The quantitative estimate of drug-likeness (QED) is 0.853. The van der Waals surface area contributed by atoms with Gasteiger partial charge in [0.15, 0.2) is 0 Å². The van der Waals surface area contributed by atoms with E-state index in [0.29, 0.717) is 18.2 Å². The lowest BCUT2D eigenvalue weighted by molar-refractivity contribution is -0.137. The Bertz CT molecular complexity index is 573. The molecular formula is C13H12F3N3. The number of halogens is 3. The van der Waals surface area contributed by atoms with Gasteiger partial charge in [0.05, 0.1) is 5.56 Å². The molecule has 0 aliphatic heterocycles. The molecule has 0 bridgehead atoms. The van der Waals surface area contributed by atoms with E-state index in [-0.39, 0.29) is 0 Å². The van der Waals surface area contributed by atoms with Gasteiger partial charge in [-0.3, -0.25) is 0 Å². The second-order valence-electron chi connectivity index (χ2n) is 3.90. The molecule has 0 radical (unpaired) electrons. The van der Waals surface area contributed by atoms with Crippen molar-refractivity contribution in [3.63, 3.8) is 0 Å². The third-order valence-electron chi connectivity index (χ3n) is 2.49. The molecule has 1 aromatic heterocycles. The number of allylic oxidation sites excluding steroid dienone is 1. The van der Waals surface area contributed by atoms with E-state index in [0.717, 1.165) is 12.1 Å². The number of alkyl halides is 3. The Kier molecular flexibility index (Phi) is 3.59. The van der Waals surface area contributed by atoms with Crippen LogP contribution in [0.3, 0.4) is 0 Å². The smallest absolute Gasteiger partial charge is 0.326 e. The van der Waals surface area contributed by atoms with Gasteiger partial charge in [0.2, 0.25) is 5.95 Å². The zero-order chi connectivity index (χ0) is 13.9. The minimum Gasteiger partial charge on any atom is -0.326 e. The highest BCUT2D eigenvalue weighted by molar-refractivity contribution is 5.55. The highest BCUT2D eigenvalue weighted by Crippen LogP contribution is 2.31. The molecule has 0 fully saturated rings. The van der Waals surface area contributed by atoms with Crippen molar-refractivity contribution < 1.29 is 13.2 Å². The first-order valence-corrected chi connectivity index (χ1v) is 5.57. The molecular weight excluding hydrogens is 255 g/mol. The molecule has 0 saturated heterocycles. The fourth-order valence-corrected chi connectivity index (χ4v) is 1.62. The number of anilines is 2. The summed E-state index contributed by atoms with van der Waals surface area (Å²) in [6, 6.07) is 4.99. The van der Waals surface area contributed by atoms with Crippen molar-refractivity contribution in [3.05, 3.63) is 54.9 Å². The second kappa shape index (κ2) is 5.17. The summed E-state index contributed by atoms with van der Waals surface area (Å²) in [7, 11) is 0. The van der Waals surface area contributed by atoms with Crippen molar-refractivity contribution in [1.82, 2.24) is 9.55 Å². The Morgan fingerprint density at radius 1 is 1.37 bits per heavy atom. The highest BCUT2D eigenvalue weighted by atomic mass is 19.4. The van der Waals surface area contributed by atoms with Crippen LogP contribution < -0.4 is 5.32 Å². The lowest BCUT2D eigenvalue weighted by Crippen LogP contribution is -2.06. The number of imidazole rings is 1. The van der Waals surface area contributed by atoms with E-state index in [9.17, 15) is 13.2 Å². The minimum absolute atomic E-state index is 0.339. The van der Waals surface area contributed by atoms with Crippen molar-refractivity contribution in [2.45, 2.75) is 12.7 Å². The normalized spacial score (nSPS) is 11.3. The fourth-order valence-electron chi connectivity index (χ4n) is 1.62. The van der Waals surface area contributed by atoms with Crippen LogP contribution in [0.1, 0.15) is 5.56 Å². The van der Waals surface area contributed by atoms with Crippen molar-refractivity contribution in [2.75, 3.05) is 5.32 Å². The first-order valence-electron chi connectivity index (χ1n) is 5.57. The first-order chi connectivity index (χ1) is 9.00. The van der Waals surface area contributed by atoms with Gasteiger partial charge in [-0.15, -0.1) is 6.58 Å². The van der Waals surface area contributed by atoms with Crippen LogP contribution in [0.25, 0.3) is 0 Å². The van der Waals surface area contributed by atoms with Crippen LogP contribution in [0.2, 0.25) is 0 Å². The van der Waals surface area contributed by atoms with Crippen LogP contribution in [-0.4, -0.2) is 9.55 Å². The fraction of sp³-hybridized carbons (Fsp3) is 0.154. The summed E-state index contributed by atoms with van der Waals surface area (Å²) in [5, 5.41) is 2.85. The summed E-state index contributed by atoms with van der Waals surface area (Å²) in [5.74, 6) is 0.472. The second-order valence-corrected chi connectivity index (χ2v) is 3.90. The summed E-state index contributed by atoms with van der Waals surface area (Å²) in [6.45, 7) is 4.13. The van der Waals surface area contributed by atoms with E-state index in [2.05, 4.69) is 16.9 Å². The Morgan fingerprint density at radius 3 is 2.84 bits per heavy atom. The number of nitrogens with one attached hydrogen (secondary N) is 1. The maximum Gasteiger partial charge on any atom is 0.416 e. The standard InChI is InChI=1S/C13H12F3N3/c1-2-7-19-8-6-17-12(19)18-11-5-3-4-10(9-11)13(14,15)16/h2-6,8-9H,1,7H2,(H,17,18). The minimum atomic E-state index is -4.35. The summed E-state index contributed by atoms with van der Waals surface area (Å²) >= 11 is 0. The molecule has 0 spiro atoms. The molecule has 6 heteroatoms. The molecule has 19 heavy (non-hydrogen) atoms. The Labute approximate surface area is 108 Å². The maximum absolute atomic E-state index is 12.6. The average molecular weight is 267 g/mol. The zero-order valence-corrected chi connectivity index (χ0v) is 9.98. The molecule has 0 aliphatic rings. The SMILES string of the molecule is C=CCn1ccnc1Nc1cccc(C(F)(F)F)c1. The van der Waals surface area contributed by atoms with Crippen molar-refractivity contribution in [2.24, 2.45) is 0 Å². The van der Waals surface area contributed by atoms with Gasteiger partial charge in [0.1, 0.15) is 0 Å². The summed E-state index contributed by atoms with van der Waals surface area (Å²) < 4.78 is 39.5. The molecule has 100 valence electrons. The third kappa shape index (κ3) is 3.15. The van der Waals surface area contributed by atoms with Gasteiger partial charge >= 0.3 is 6.18 Å². The van der Waals surface area contributed by atoms with E-state index in [1.54, 1.807) is 29.1 Å². The van der Waals surface area contributed by atoms with Gasteiger partial charge in [-0.2, -0.15) is 13.2 Å². The molecule has 1 heterocycles. The van der Waals surface area contributed by atoms with Crippen LogP contribution in [0.5, 0.6) is 0 Å². The topological polar surface area (TPSA) is 29.9 Å². The monoisotopic (exact) mass is 267 g/mol. The first kappa shape index (κ1) is 13.2. The lowest BCUT2D eigenvalue weighted by atomic mass is 10.2. The van der Waals surface area contributed by atoms with Crippen LogP contribution in [0, 0.1) is 0 Å². The van der Waals surface area contributed by atoms with Crippen LogP contribution in [-0.2, 0) is 12.7 Å². The average Bonchev–Trinajstić information content (AvgIpc) is 2.77. The lowest BCUT2D eigenvalue weighted by Gasteiger charge is -2.11. The summed E-state index contributed by atoms with van der Waals surface area (Å²) in [5.41, 5.74) is -0.356. The highest BCUT2D eigenvalue weighted by Gasteiger charge is 2.30. The zero-order valence-electron chi connectivity index (χ0n) is 9.98. The number of hydrogen-bond acceptors (Lipinski definition) is 2. The largest absolute Gasteiger partial charge is 0.416 e. The van der Waals surface area contributed by atoms with E-state index >= 15 is 0 Å². The van der Waals surface area contributed by atoms with E-state index in [1.165, 1.54) is 6.07 Å². The van der Waals surface area contributed by atoms with Crippen LogP contribution >= 0.6 is 0 Å². The van der Waals surface area contributed by atoms with Gasteiger partial charge in [0.25, 0.3) is 0 Å². The number of nitrogens with zero attached hydrogens (tertiary/aromatic N) is 2. The molecule has 0 unspecified atom stereocenters. The molecule has 2 aromatic rings. The Morgan fingerprint density at radius 2 is 2.16 bits per heavy atom. The predicted octanol–water partition coefficient (Wildman–Crippen LogP) is 3.83. The van der Waals surface area contributed by atoms with Crippen LogP contribution in [0.15, 0.2) is 49.3 Å². The number of aromatic nitrogens is 2. The molecule has 2 rings (SSSR count). The van der Waals surface area contributed by atoms with E-state index in [4.69, 9.17) is 0 Å². The van der Waals surface area contributed by atoms with Gasteiger partial charge in [-0.05, 0) is 18.2 Å². The molecule has 0 atom stereocenters.